The number of hydrogen-bond acceptors (Lipinski definition) is 9. The van der Waals surface area contributed by atoms with E-state index in [1.807, 2.05) is 6.04 Å². The molecule has 0 saturated carbocycles. The van der Waals surface area contributed by atoms with Crippen molar-refractivity contribution >= 4 is 71.1 Å². The van der Waals surface area contributed by atoms with Crippen LogP contribution in [0.2, 0.25) is 0 Å². The number of halogens is 2. The summed E-state index contributed by atoms with van der Waals surface area (Å²) >= 11 is 6.26. The fraction of sp³-hybridized carbons (Fsp3) is 0.278. The first kappa shape index (κ1) is 30.4. The van der Waals surface area contributed by atoms with Crippen molar-refractivity contribution in [3.05, 3.63) is 29.3 Å². The topological polar surface area (TPSA) is 196 Å². The number of amides is 2. The molecule has 2 amide bonds. The summed E-state index contributed by atoms with van der Waals surface area (Å²) in [6.07, 6.45) is 3.45. The smallest absolute Gasteiger partial charge is 0.859 e. The van der Waals surface area contributed by atoms with Gasteiger partial charge in [-0.1, -0.05) is 38.3 Å². The third kappa shape index (κ3) is 6.73. The Hall–Kier alpha value is -1.64. The first-order valence-electron chi connectivity index (χ1n) is 8.81. The van der Waals surface area contributed by atoms with Gasteiger partial charge < -0.3 is 20.9 Å². The summed E-state index contributed by atoms with van der Waals surface area (Å²) < 4.78 is 33.0. The Kier molecular flexibility index (Phi) is 11.0. The van der Waals surface area contributed by atoms with Crippen LogP contribution in [0, 0.1) is 17.9 Å². The first-order valence-corrected chi connectivity index (χ1v) is 12.3. The van der Waals surface area contributed by atoms with Gasteiger partial charge in [-0.2, -0.15) is 18.6 Å². The van der Waals surface area contributed by atoms with Crippen LogP contribution in [-0.2, 0) is 19.7 Å². The van der Waals surface area contributed by atoms with E-state index in [9.17, 15) is 32.8 Å². The van der Waals surface area contributed by atoms with Crippen LogP contribution in [0.3, 0.4) is 0 Å². The molecule has 1 aromatic carbocycles. The number of benzene rings is 1. The number of hydrogen-bond donors (Lipinski definition) is 4. The van der Waals surface area contributed by atoms with E-state index in [2.05, 4.69) is 47.4 Å². The number of nitrogens with one attached hydrogen (secondary N) is 2. The molecule has 1 aromatic rings. The molecule has 3 unspecified atom stereocenters. The number of aliphatic hydroxyl groups is 1. The second kappa shape index (κ2) is 12.4. The summed E-state index contributed by atoms with van der Waals surface area (Å²) in [5.74, 6) is -2.88. The average Bonchev–Trinajstić information content (AvgIpc) is 2.72. The summed E-state index contributed by atoms with van der Waals surface area (Å²) in [6, 6.07) is 3.77. The number of alkyl halides is 2. The van der Waals surface area contributed by atoms with Gasteiger partial charge in [0, 0.05) is 17.1 Å². The summed E-state index contributed by atoms with van der Waals surface area (Å²) in [5, 5.41) is 39.7. The number of rotatable bonds is 7. The second-order valence-corrected chi connectivity index (χ2v) is 9.68. The Morgan fingerprint density at radius 1 is 1.47 bits per heavy atom. The van der Waals surface area contributed by atoms with Gasteiger partial charge in [0.2, 0.25) is 5.91 Å². The zero-order valence-electron chi connectivity index (χ0n) is 17.7. The van der Waals surface area contributed by atoms with Crippen LogP contribution in [0.4, 0.5) is 11.4 Å². The number of carbonyl (C=O) groups excluding carboxylic acids is 2. The van der Waals surface area contributed by atoms with Crippen molar-refractivity contribution in [3.8, 4) is 12.5 Å². The maximum absolute atomic E-state index is 12.2. The molecule has 34 heavy (non-hydrogen) atoms. The molecule has 12 nitrogen and oxygen atoms in total. The Labute approximate surface area is 233 Å². The normalized spacial score (nSPS) is 19.4. The van der Waals surface area contributed by atoms with Crippen LogP contribution in [0.1, 0.15) is 6.92 Å². The molecule has 1 aliphatic rings. The summed E-state index contributed by atoms with van der Waals surface area (Å²) in [4.78, 5) is 23.5. The molecule has 0 fully saturated rings. The van der Waals surface area contributed by atoms with Gasteiger partial charge in [0.1, 0.15) is 21.5 Å². The molecule has 1 heterocycles. The van der Waals surface area contributed by atoms with E-state index >= 15 is 0 Å². The van der Waals surface area contributed by atoms with Crippen LogP contribution < -0.4 is 40.0 Å². The van der Waals surface area contributed by atoms with Gasteiger partial charge in [-0.15, -0.1) is 0 Å². The van der Waals surface area contributed by atoms with Crippen molar-refractivity contribution in [2.24, 2.45) is 10.2 Å². The molecule has 3 atom stereocenters. The van der Waals surface area contributed by atoms with Gasteiger partial charge in [-0.25, -0.2) is 4.90 Å². The molecule has 1 aliphatic heterocycles. The second-order valence-electron chi connectivity index (χ2n) is 6.53. The zero-order valence-corrected chi connectivity index (χ0v) is 23.7. The number of azo groups is 1. The molecule has 0 radical (unpaired) electrons. The van der Waals surface area contributed by atoms with E-state index < -0.39 is 61.1 Å². The van der Waals surface area contributed by atoms with E-state index in [0.717, 1.165) is 12.1 Å². The molecule has 176 valence electrons. The van der Waals surface area contributed by atoms with Crippen molar-refractivity contribution in [1.82, 2.24) is 4.90 Å². The molecule has 0 saturated heterocycles. The predicted octanol–water partition coefficient (Wildman–Crippen LogP) is -2.11. The fourth-order valence-corrected chi connectivity index (χ4v) is 3.80. The van der Waals surface area contributed by atoms with E-state index in [-0.39, 0.29) is 40.8 Å². The number of terminal acetylenes is 1. The Morgan fingerprint density at radius 2 is 2.09 bits per heavy atom. The standard InChI is InChI=1S/C18H17Br2N5O7S.Na/c1-3-25-17(28)13(15(21)26)8(2)14(18(25)29)24-23-11-6-9(22-16(27)10(20)7-19)4-5-12(11)33(30,31)32;/h1,4-6,10,14,18,29H,7H2,2H3,(H2,21,26)(H,22,27)(H,30,31,32);/q;+1/p-1. The van der Waals surface area contributed by atoms with Crippen LogP contribution in [-0.4, -0.2) is 63.1 Å². The summed E-state index contributed by atoms with van der Waals surface area (Å²) in [5.41, 5.74) is -1.02. The van der Waals surface area contributed by atoms with Gasteiger partial charge in [-0.3, -0.25) is 14.1 Å². The SMILES string of the molecule is C#CN1C(=O)C(C(=N)[O-])=C(C)C(N=Nc2cc(NC(=O)C(Br)CBr)ccc2S(=O)(=O)O)C1O.[Na+]. The Balaban J connectivity index is 0.00000578. The van der Waals surface area contributed by atoms with Gasteiger partial charge in [-0.05, 0) is 36.6 Å². The molecule has 2 rings (SSSR count). The van der Waals surface area contributed by atoms with E-state index in [1.165, 1.54) is 13.0 Å². The fourth-order valence-electron chi connectivity index (χ4n) is 2.79. The predicted molar refractivity (Wildman–Crippen MR) is 122 cm³/mol. The summed E-state index contributed by atoms with van der Waals surface area (Å²) in [7, 11) is -4.77. The molecule has 4 N–H and O–H groups in total. The minimum Gasteiger partial charge on any atom is -0.859 e. The zero-order chi connectivity index (χ0) is 25.1. The van der Waals surface area contributed by atoms with Crippen molar-refractivity contribution in [2.75, 3.05) is 10.6 Å². The van der Waals surface area contributed by atoms with Crippen molar-refractivity contribution in [1.29, 1.82) is 5.41 Å². The number of aliphatic hydroxyl groups excluding tert-OH is 1. The van der Waals surface area contributed by atoms with Gasteiger partial charge in [0.25, 0.3) is 16.0 Å². The number of carbonyl (C=O) groups is 2. The van der Waals surface area contributed by atoms with Crippen LogP contribution in [0.5, 0.6) is 0 Å². The molecular formula is C18H16Br2N5NaO7S. The molecule has 0 aliphatic carbocycles. The molecule has 16 heteroatoms. The van der Waals surface area contributed by atoms with Gasteiger partial charge in [0.05, 0.1) is 5.57 Å². The van der Waals surface area contributed by atoms with Crippen molar-refractivity contribution < 1.29 is 62.3 Å². The Morgan fingerprint density at radius 3 is 2.59 bits per heavy atom. The third-order valence-electron chi connectivity index (χ3n) is 4.40. The van der Waals surface area contributed by atoms with Gasteiger partial charge >= 0.3 is 29.6 Å². The largest absolute Gasteiger partial charge is 1.00 e. The third-order valence-corrected chi connectivity index (χ3v) is 7.55. The van der Waals surface area contributed by atoms with Crippen LogP contribution in [0.15, 0.2) is 44.5 Å². The van der Waals surface area contributed by atoms with E-state index in [4.69, 9.17) is 11.8 Å². The van der Waals surface area contributed by atoms with Crippen LogP contribution >= 0.6 is 31.9 Å². The minimum absolute atomic E-state index is 0. The van der Waals surface area contributed by atoms with Crippen molar-refractivity contribution in [3.63, 3.8) is 0 Å². The number of nitrogens with zero attached hydrogens (tertiary/aromatic N) is 3. The minimum atomic E-state index is -4.77. The van der Waals surface area contributed by atoms with Crippen LogP contribution in [0.25, 0.3) is 0 Å². The number of anilines is 1. The molecule has 0 spiro atoms. The maximum Gasteiger partial charge on any atom is 1.00 e. The monoisotopic (exact) mass is 627 g/mol. The van der Waals surface area contributed by atoms with E-state index in [1.54, 1.807) is 0 Å². The molecule has 0 bridgehead atoms. The summed E-state index contributed by atoms with van der Waals surface area (Å²) in [6.45, 7) is 1.26. The Bertz CT molecular complexity index is 1220. The molecular weight excluding hydrogens is 613 g/mol. The molecule has 0 aromatic heterocycles. The maximum atomic E-state index is 12.2. The average molecular weight is 629 g/mol. The van der Waals surface area contributed by atoms with Gasteiger partial charge in [0.15, 0.2) is 6.23 Å². The quantitative estimate of drug-likeness (QED) is 0.0504. The van der Waals surface area contributed by atoms with Crippen molar-refractivity contribution in [2.45, 2.75) is 28.9 Å². The first-order chi connectivity index (χ1) is 15.3. The van der Waals surface area contributed by atoms with E-state index in [0.29, 0.717) is 10.2 Å².